The highest BCUT2D eigenvalue weighted by Crippen LogP contribution is 1.84. The van der Waals surface area contributed by atoms with E-state index in [1.54, 1.807) is 6.08 Å². The molecule has 2 N–H and O–H groups in total. The van der Waals surface area contributed by atoms with E-state index >= 15 is 0 Å². The zero-order valence-corrected chi connectivity index (χ0v) is 5.19. The molecule has 0 radical (unpaired) electrons. The third-order valence-corrected chi connectivity index (χ3v) is 0.776. The molecule has 0 rings (SSSR count). The minimum absolute atomic E-state index is 0.421. The molecule has 46 valence electrons. The van der Waals surface area contributed by atoms with Crippen molar-refractivity contribution in [2.75, 3.05) is 5.88 Å². The van der Waals surface area contributed by atoms with Crippen molar-refractivity contribution in [2.24, 2.45) is 5.73 Å². The molecular formula is C5H8ClNO. The Hall–Kier alpha value is -0.500. The summed E-state index contributed by atoms with van der Waals surface area (Å²) in [6, 6.07) is 0. The van der Waals surface area contributed by atoms with Gasteiger partial charge >= 0.3 is 0 Å². The molecular weight excluding hydrogens is 126 g/mol. The predicted molar refractivity (Wildman–Crippen MR) is 33.7 cm³/mol. The van der Waals surface area contributed by atoms with E-state index in [0.29, 0.717) is 12.3 Å². The van der Waals surface area contributed by atoms with E-state index in [-0.39, 0.29) is 0 Å². The number of amides is 1. The highest BCUT2D eigenvalue weighted by molar-refractivity contribution is 6.17. The van der Waals surface area contributed by atoms with Gasteiger partial charge in [-0.25, -0.2) is 0 Å². The fraction of sp³-hybridized carbons (Fsp3) is 0.400. The van der Waals surface area contributed by atoms with Crippen LogP contribution in [0.5, 0.6) is 0 Å². The molecule has 3 heteroatoms. The van der Waals surface area contributed by atoms with E-state index in [1.807, 2.05) is 0 Å². The van der Waals surface area contributed by atoms with Crippen LogP contribution in [-0.2, 0) is 4.79 Å². The maximum absolute atomic E-state index is 9.97. The summed E-state index contributed by atoms with van der Waals surface area (Å²) in [6.45, 7) is 0. The van der Waals surface area contributed by atoms with Crippen molar-refractivity contribution in [2.45, 2.75) is 6.42 Å². The fourth-order valence-electron chi connectivity index (χ4n) is 0.262. The van der Waals surface area contributed by atoms with Crippen LogP contribution in [0.1, 0.15) is 6.42 Å². The van der Waals surface area contributed by atoms with Gasteiger partial charge in [-0.2, -0.15) is 0 Å². The third-order valence-electron chi connectivity index (χ3n) is 0.558. The summed E-state index contributed by atoms with van der Waals surface area (Å²) in [4.78, 5) is 9.97. The van der Waals surface area contributed by atoms with Gasteiger partial charge in [0.05, 0.1) is 0 Å². The Morgan fingerprint density at radius 2 is 2.38 bits per heavy atom. The number of alkyl halides is 1. The van der Waals surface area contributed by atoms with Gasteiger partial charge in [0, 0.05) is 5.88 Å². The van der Waals surface area contributed by atoms with Gasteiger partial charge in [-0.05, 0) is 12.5 Å². The summed E-state index contributed by atoms with van der Waals surface area (Å²) in [7, 11) is 0. The summed E-state index contributed by atoms with van der Waals surface area (Å²) in [5, 5.41) is 0. The Bertz CT molecular complexity index is 101. The number of allylic oxidation sites excluding steroid dienone is 1. The van der Waals surface area contributed by atoms with Crippen molar-refractivity contribution in [1.82, 2.24) is 0 Å². The summed E-state index contributed by atoms with van der Waals surface area (Å²) < 4.78 is 0. The normalized spacial score (nSPS) is 10.1. The molecule has 0 aliphatic heterocycles. The van der Waals surface area contributed by atoms with Crippen LogP contribution in [-0.4, -0.2) is 11.8 Å². The highest BCUT2D eigenvalue weighted by atomic mass is 35.5. The van der Waals surface area contributed by atoms with E-state index in [1.165, 1.54) is 6.08 Å². The molecule has 0 aromatic rings. The van der Waals surface area contributed by atoms with Gasteiger partial charge < -0.3 is 5.73 Å². The Labute approximate surface area is 53.3 Å². The standard InChI is InChI=1S/C5H8ClNO/c6-4-2-1-3-5(7)8/h1,3H,2,4H2,(H2,7,8). The zero-order valence-electron chi connectivity index (χ0n) is 4.43. The first-order valence-corrected chi connectivity index (χ1v) is 2.82. The maximum atomic E-state index is 9.97. The average molecular weight is 134 g/mol. The summed E-state index contributed by atoms with van der Waals surface area (Å²) in [5.41, 5.74) is 4.76. The van der Waals surface area contributed by atoms with Crippen LogP contribution >= 0.6 is 11.6 Å². The molecule has 2 nitrogen and oxygen atoms in total. The van der Waals surface area contributed by atoms with Crippen LogP contribution in [0.3, 0.4) is 0 Å². The lowest BCUT2D eigenvalue weighted by atomic mass is 10.4. The van der Waals surface area contributed by atoms with E-state index in [2.05, 4.69) is 0 Å². The van der Waals surface area contributed by atoms with Gasteiger partial charge in [0.1, 0.15) is 0 Å². The van der Waals surface area contributed by atoms with E-state index in [0.717, 1.165) is 0 Å². The number of rotatable bonds is 3. The SMILES string of the molecule is NC(=O)C=CCCCl. The molecule has 0 aromatic heterocycles. The fourth-order valence-corrected chi connectivity index (χ4v) is 0.388. The largest absolute Gasteiger partial charge is 0.366 e. The van der Waals surface area contributed by atoms with Gasteiger partial charge in [0.25, 0.3) is 0 Å². The van der Waals surface area contributed by atoms with Crippen molar-refractivity contribution < 1.29 is 4.79 Å². The van der Waals surface area contributed by atoms with Crippen LogP contribution in [0.15, 0.2) is 12.2 Å². The molecule has 0 saturated heterocycles. The summed E-state index contributed by atoms with van der Waals surface area (Å²) in [6.07, 6.45) is 3.65. The quantitative estimate of drug-likeness (QED) is 0.446. The topological polar surface area (TPSA) is 43.1 Å². The second kappa shape index (κ2) is 4.65. The van der Waals surface area contributed by atoms with Crippen LogP contribution in [0.4, 0.5) is 0 Å². The molecule has 0 fully saturated rings. The molecule has 0 aromatic carbocycles. The maximum Gasteiger partial charge on any atom is 0.241 e. The first kappa shape index (κ1) is 7.50. The lowest BCUT2D eigenvalue weighted by Gasteiger charge is -1.79. The van der Waals surface area contributed by atoms with Crippen LogP contribution in [0, 0.1) is 0 Å². The first-order valence-electron chi connectivity index (χ1n) is 2.29. The smallest absolute Gasteiger partial charge is 0.241 e. The number of carbonyl (C=O) groups excluding carboxylic acids is 1. The van der Waals surface area contributed by atoms with Gasteiger partial charge in [-0.15, -0.1) is 11.6 Å². The number of halogens is 1. The van der Waals surface area contributed by atoms with Crippen molar-refractivity contribution in [1.29, 1.82) is 0 Å². The van der Waals surface area contributed by atoms with Crippen LogP contribution in [0.2, 0.25) is 0 Å². The third kappa shape index (κ3) is 5.50. The Morgan fingerprint density at radius 1 is 1.75 bits per heavy atom. The summed E-state index contributed by atoms with van der Waals surface area (Å²) in [5.74, 6) is 0.110. The molecule has 0 heterocycles. The van der Waals surface area contributed by atoms with Gasteiger partial charge in [-0.1, -0.05) is 6.08 Å². The number of carbonyl (C=O) groups is 1. The molecule has 0 bridgehead atoms. The Kier molecular flexibility index (Phi) is 4.36. The predicted octanol–water partition coefficient (Wildman–Crippen LogP) is 0.657. The molecule has 1 amide bonds. The van der Waals surface area contributed by atoms with Crippen molar-refractivity contribution in [3.8, 4) is 0 Å². The Balaban J connectivity index is 3.20. The van der Waals surface area contributed by atoms with E-state index in [9.17, 15) is 4.79 Å². The van der Waals surface area contributed by atoms with Crippen LogP contribution in [0.25, 0.3) is 0 Å². The van der Waals surface area contributed by atoms with Crippen molar-refractivity contribution >= 4 is 17.5 Å². The van der Waals surface area contributed by atoms with Gasteiger partial charge in [-0.3, -0.25) is 4.79 Å². The van der Waals surface area contributed by atoms with Gasteiger partial charge in [0.2, 0.25) is 5.91 Å². The number of primary amides is 1. The van der Waals surface area contributed by atoms with E-state index in [4.69, 9.17) is 17.3 Å². The molecule has 0 aliphatic carbocycles. The molecule has 0 spiro atoms. The summed E-state index contributed by atoms with van der Waals surface area (Å²) >= 11 is 5.28. The monoisotopic (exact) mass is 133 g/mol. The lowest BCUT2D eigenvalue weighted by Crippen LogP contribution is -2.05. The molecule has 0 saturated carbocycles. The second-order valence-electron chi connectivity index (χ2n) is 1.28. The molecule has 8 heavy (non-hydrogen) atoms. The molecule has 0 unspecified atom stereocenters. The number of hydrogen-bond acceptors (Lipinski definition) is 1. The van der Waals surface area contributed by atoms with Crippen LogP contribution < -0.4 is 5.73 Å². The minimum atomic E-state index is -0.421. The number of nitrogens with two attached hydrogens (primary N) is 1. The second-order valence-corrected chi connectivity index (χ2v) is 1.66. The number of hydrogen-bond donors (Lipinski definition) is 1. The van der Waals surface area contributed by atoms with Crippen molar-refractivity contribution in [3.05, 3.63) is 12.2 Å². The Morgan fingerprint density at radius 3 is 2.75 bits per heavy atom. The highest BCUT2D eigenvalue weighted by Gasteiger charge is 1.79. The average Bonchev–Trinajstić information content (AvgIpc) is 1.66. The minimum Gasteiger partial charge on any atom is -0.366 e. The molecule has 0 aliphatic rings. The first-order chi connectivity index (χ1) is 3.77. The van der Waals surface area contributed by atoms with Crippen molar-refractivity contribution in [3.63, 3.8) is 0 Å². The van der Waals surface area contributed by atoms with Gasteiger partial charge in [0.15, 0.2) is 0 Å². The molecule has 0 atom stereocenters. The van der Waals surface area contributed by atoms with E-state index < -0.39 is 5.91 Å². The zero-order chi connectivity index (χ0) is 6.41. The lowest BCUT2D eigenvalue weighted by molar-refractivity contribution is -0.113.